The third-order valence-electron chi connectivity index (χ3n) is 2.40. The highest BCUT2D eigenvalue weighted by Gasteiger charge is 2.08. The summed E-state index contributed by atoms with van der Waals surface area (Å²) < 4.78 is 1.67. The molecule has 18 heavy (non-hydrogen) atoms. The van der Waals surface area contributed by atoms with Crippen molar-refractivity contribution in [2.75, 3.05) is 12.3 Å². The third-order valence-corrected chi connectivity index (χ3v) is 2.73. The SMILES string of the molecule is Nc1cnn(CCNC(=O)c2ccccc2Cl)c1. The predicted octanol–water partition coefficient (Wildman–Crippen LogP) is 1.55. The van der Waals surface area contributed by atoms with Gasteiger partial charge in [0.1, 0.15) is 0 Å². The maximum Gasteiger partial charge on any atom is 0.252 e. The second-order valence-electron chi connectivity index (χ2n) is 3.77. The van der Waals surface area contributed by atoms with E-state index in [1.807, 2.05) is 0 Å². The molecule has 0 radical (unpaired) electrons. The summed E-state index contributed by atoms with van der Waals surface area (Å²) in [6.07, 6.45) is 3.28. The van der Waals surface area contributed by atoms with Gasteiger partial charge in [-0.05, 0) is 12.1 Å². The lowest BCUT2D eigenvalue weighted by Crippen LogP contribution is -2.27. The van der Waals surface area contributed by atoms with E-state index in [9.17, 15) is 4.79 Å². The molecular weight excluding hydrogens is 252 g/mol. The second-order valence-corrected chi connectivity index (χ2v) is 4.18. The van der Waals surface area contributed by atoms with Gasteiger partial charge in [0.25, 0.3) is 5.91 Å². The lowest BCUT2D eigenvalue weighted by Gasteiger charge is -2.06. The number of carbonyl (C=O) groups is 1. The first kappa shape index (κ1) is 12.4. The van der Waals surface area contributed by atoms with Gasteiger partial charge in [0.15, 0.2) is 0 Å². The Bertz CT molecular complexity index is 553. The van der Waals surface area contributed by atoms with E-state index in [2.05, 4.69) is 10.4 Å². The van der Waals surface area contributed by atoms with Gasteiger partial charge in [-0.25, -0.2) is 0 Å². The molecule has 0 spiro atoms. The van der Waals surface area contributed by atoms with Gasteiger partial charge in [-0.2, -0.15) is 5.10 Å². The van der Waals surface area contributed by atoms with Crippen LogP contribution in [0.15, 0.2) is 36.7 Å². The molecule has 0 saturated heterocycles. The van der Waals surface area contributed by atoms with Gasteiger partial charge in [0.05, 0.1) is 29.0 Å². The maximum atomic E-state index is 11.8. The van der Waals surface area contributed by atoms with Gasteiger partial charge in [0.2, 0.25) is 0 Å². The van der Waals surface area contributed by atoms with Gasteiger partial charge in [-0.3, -0.25) is 9.48 Å². The largest absolute Gasteiger partial charge is 0.396 e. The Morgan fingerprint density at radius 3 is 2.89 bits per heavy atom. The summed E-state index contributed by atoms with van der Waals surface area (Å²) in [5.74, 6) is -0.194. The first-order valence-corrected chi connectivity index (χ1v) is 5.85. The second kappa shape index (κ2) is 5.55. The van der Waals surface area contributed by atoms with Crippen molar-refractivity contribution in [1.29, 1.82) is 0 Å². The van der Waals surface area contributed by atoms with E-state index in [0.717, 1.165) is 0 Å². The van der Waals surface area contributed by atoms with Gasteiger partial charge in [-0.15, -0.1) is 0 Å². The zero-order chi connectivity index (χ0) is 13.0. The van der Waals surface area contributed by atoms with Crippen LogP contribution < -0.4 is 11.1 Å². The molecule has 5 nitrogen and oxygen atoms in total. The number of nitrogens with zero attached hydrogens (tertiary/aromatic N) is 2. The Morgan fingerprint density at radius 2 is 2.22 bits per heavy atom. The van der Waals surface area contributed by atoms with Crippen molar-refractivity contribution in [1.82, 2.24) is 15.1 Å². The molecule has 0 bridgehead atoms. The van der Waals surface area contributed by atoms with E-state index >= 15 is 0 Å². The molecular formula is C12H13ClN4O. The average Bonchev–Trinajstić information content (AvgIpc) is 2.75. The highest BCUT2D eigenvalue weighted by Crippen LogP contribution is 2.14. The molecule has 6 heteroatoms. The number of amides is 1. The minimum atomic E-state index is -0.194. The number of nitrogens with one attached hydrogen (secondary N) is 1. The van der Waals surface area contributed by atoms with Crippen LogP contribution in [0.4, 0.5) is 5.69 Å². The zero-order valence-corrected chi connectivity index (χ0v) is 10.4. The molecule has 0 unspecified atom stereocenters. The summed E-state index contributed by atoms with van der Waals surface area (Å²) in [5, 5.41) is 7.23. The highest BCUT2D eigenvalue weighted by atomic mass is 35.5. The number of nitrogens with two attached hydrogens (primary N) is 1. The van der Waals surface area contributed by atoms with Crippen LogP contribution >= 0.6 is 11.6 Å². The Hall–Kier alpha value is -2.01. The number of aromatic nitrogens is 2. The lowest BCUT2D eigenvalue weighted by atomic mass is 10.2. The molecule has 0 aliphatic heterocycles. The Labute approximate surface area is 110 Å². The van der Waals surface area contributed by atoms with Crippen LogP contribution in [0.25, 0.3) is 0 Å². The van der Waals surface area contributed by atoms with Crippen molar-refractivity contribution in [3.8, 4) is 0 Å². The first-order valence-electron chi connectivity index (χ1n) is 5.47. The number of halogens is 1. The van der Waals surface area contributed by atoms with Gasteiger partial charge in [-0.1, -0.05) is 23.7 Å². The number of benzene rings is 1. The summed E-state index contributed by atoms with van der Waals surface area (Å²) in [6.45, 7) is 1.03. The minimum Gasteiger partial charge on any atom is -0.396 e. The molecule has 0 fully saturated rings. The van der Waals surface area contributed by atoms with E-state index in [-0.39, 0.29) is 5.91 Å². The summed E-state index contributed by atoms with van der Waals surface area (Å²) >= 11 is 5.92. The van der Waals surface area contributed by atoms with E-state index in [1.165, 1.54) is 0 Å². The van der Waals surface area contributed by atoms with E-state index < -0.39 is 0 Å². The Morgan fingerprint density at radius 1 is 1.44 bits per heavy atom. The molecule has 3 N–H and O–H groups in total. The Balaban J connectivity index is 1.87. The maximum absolute atomic E-state index is 11.8. The molecule has 2 rings (SSSR count). The number of nitrogen functional groups attached to an aromatic ring is 1. The van der Waals surface area contributed by atoms with Crippen molar-refractivity contribution in [2.45, 2.75) is 6.54 Å². The third kappa shape index (κ3) is 3.01. The summed E-state index contributed by atoms with van der Waals surface area (Å²) in [5.41, 5.74) is 6.61. The quantitative estimate of drug-likeness (QED) is 0.880. The monoisotopic (exact) mass is 264 g/mol. The van der Waals surface area contributed by atoms with Crippen LogP contribution in [0.1, 0.15) is 10.4 Å². The summed E-state index contributed by atoms with van der Waals surface area (Å²) in [6, 6.07) is 6.93. The average molecular weight is 265 g/mol. The zero-order valence-electron chi connectivity index (χ0n) is 9.64. The summed E-state index contributed by atoms with van der Waals surface area (Å²) in [4.78, 5) is 11.8. The van der Waals surface area contributed by atoms with Crippen LogP contribution in [0.3, 0.4) is 0 Å². The smallest absolute Gasteiger partial charge is 0.252 e. The van der Waals surface area contributed by atoms with Crippen molar-refractivity contribution in [2.24, 2.45) is 0 Å². The molecule has 0 aliphatic rings. The van der Waals surface area contributed by atoms with Gasteiger partial charge in [0, 0.05) is 12.7 Å². The van der Waals surface area contributed by atoms with Crippen LogP contribution in [0.5, 0.6) is 0 Å². The van der Waals surface area contributed by atoms with Gasteiger partial charge < -0.3 is 11.1 Å². The molecule has 2 aromatic rings. The van der Waals surface area contributed by atoms with E-state index in [1.54, 1.807) is 41.3 Å². The normalized spacial score (nSPS) is 10.3. The fourth-order valence-corrected chi connectivity index (χ4v) is 1.75. The molecule has 0 aliphatic carbocycles. The van der Waals surface area contributed by atoms with Gasteiger partial charge >= 0.3 is 0 Å². The van der Waals surface area contributed by atoms with Crippen LogP contribution in [-0.2, 0) is 6.54 Å². The fourth-order valence-electron chi connectivity index (χ4n) is 1.53. The molecule has 1 aromatic carbocycles. The topological polar surface area (TPSA) is 72.9 Å². The number of hydrogen-bond donors (Lipinski definition) is 2. The number of anilines is 1. The summed E-state index contributed by atoms with van der Waals surface area (Å²) in [7, 11) is 0. The van der Waals surface area contributed by atoms with E-state index in [0.29, 0.717) is 29.4 Å². The number of rotatable bonds is 4. The minimum absolute atomic E-state index is 0.194. The van der Waals surface area contributed by atoms with E-state index in [4.69, 9.17) is 17.3 Å². The Kier molecular flexibility index (Phi) is 3.84. The molecule has 1 amide bonds. The standard InChI is InChI=1S/C12H13ClN4O/c13-11-4-2-1-3-10(11)12(18)15-5-6-17-8-9(14)7-16-17/h1-4,7-8H,5-6,14H2,(H,15,18). The first-order chi connectivity index (χ1) is 8.66. The molecule has 0 saturated carbocycles. The van der Waals surface area contributed by atoms with Crippen molar-refractivity contribution in [3.05, 3.63) is 47.2 Å². The van der Waals surface area contributed by atoms with Crippen molar-refractivity contribution in [3.63, 3.8) is 0 Å². The van der Waals surface area contributed by atoms with Crippen molar-refractivity contribution < 1.29 is 4.79 Å². The van der Waals surface area contributed by atoms with Crippen LogP contribution in [-0.4, -0.2) is 22.2 Å². The van der Waals surface area contributed by atoms with Crippen LogP contribution in [0.2, 0.25) is 5.02 Å². The van der Waals surface area contributed by atoms with Crippen molar-refractivity contribution >= 4 is 23.2 Å². The fraction of sp³-hybridized carbons (Fsp3) is 0.167. The molecule has 1 aromatic heterocycles. The molecule has 1 heterocycles. The number of hydrogen-bond acceptors (Lipinski definition) is 3. The predicted molar refractivity (Wildman–Crippen MR) is 70.4 cm³/mol. The molecule has 94 valence electrons. The number of carbonyl (C=O) groups excluding carboxylic acids is 1. The molecule has 0 atom stereocenters. The van der Waals surface area contributed by atoms with Crippen LogP contribution in [0, 0.1) is 0 Å². The highest BCUT2D eigenvalue weighted by molar-refractivity contribution is 6.33. The lowest BCUT2D eigenvalue weighted by molar-refractivity contribution is 0.0952.